The van der Waals surface area contributed by atoms with E-state index in [4.69, 9.17) is 16.3 Å². The Labute approximate surface area is 111 Å². The molecule has 0 aromatic heterocycles. The summed E-state index contributed by atoms with van der Waals surface area (Å²) in [5.74, 6) is -0.382. The first-order chi connectivity index (χ1) is 8.69. The zero-order chi connectivity index (χ0) is 12.6. The van der Waals surface area contributed by atoms with Gasteiger partial charge in [0.1, 0.15) is 5.82 Å². The number of hydrogen-bond donors (Lipinski definition) is 2. The number of halogens is 2. The van der Waals surface area contributed by atoms with Gasteiger partial charge in [-0.1, -0.05) is 11.6 Å². The highest BCUT2D eigenvalue weighted by Crippen LogP contribution is 2.37. The molecule has 1 spiro atoms. The number of nitrogens with one attached hydrogen (secondary N) is 2. The summed E-state index contributed by atoms with van der Waals surface area (Å²) in [6.07, 6.45) is 2.05. The number of hydrogen-bond acceptors (Lipinski definition) is 3. The Kier molecular flexibility index (Phi) is 3.08. The normalized spacial score (nSPS) is 21.7. The van der Waals surface area contributed by atoms with Gasteiger partial charge in [0, 0.05) is 37.8 Å². The summed E-state index contributed by atoms with van der Waals surface area (Å²) in [6, 6.07) is 3.11. The first-order valence-electron chi connectivity index (χ1n) is 6.23. The van der Waals surface area contributed by atoms with Gasteiger partial charge in [-0.3, -0.25) is 0 Å². The standard InChI is InChI=1S/C13H16ClFN2O/c14-9-5-11-12(6-10(9)15)17-8-13(7-16-11)1-3-18-4-2-13/h5-6,16-17H,1-4,7-8H2. The highest BCUT2D eigenvalue weighted by atomic mass is 35.5. The van der Waals surface area contributed by atoms with Crippen LogP contribution < -0.4 is 10.6 Å². The lowest BCUT2D eigenvalue weighted by molar-refractivity contribution is 0.0276. The van der Waals surface area contributed by atoms with Gasteiger partial charge in [0.15, 0.2) is 0 Å². The maximum Gasteiger partial charge on any atom is 0.143 e. The van der Waals surface area contributed by atoms with E-state index in [1.165, 1.54) is 6.07 Å². The molecular weight excluding hydrogens is 255 g/mol. The van der Waals surface area contributed by atoms with E-state index in [1.54, 1.807) is 6.07 Å². The topological polar surface area (TPSA) is 33.3 Å². The molecule has 2 heterocycles. The summed E-state index contributed by atoms with van der Waals surface area (Å²) in [5.41, 5.74) is 1.87. The van der Waals surface area contributed by atoms with Crippen molar-refractivity contribution in [2.24, 2.45) is 5.41 Å². The molecule has 3 nitrogen and oxygen atoms in total. The van der Waals surface area contributed by atoms with Crippen LogP contribution in [0.4, 0.5) is 15.8 Å². The van der Waals surface area contributed by atoms with Crippen LogP contribution in [-0.4, -0.2) is 26.3 Å². The van der Waals surface area contributed by atoms with Crippen molar-refractivity contribution in [2.75, 3.05) is 36.9 Å². The third-order valence-corrected chi connectivity index (χ3v) is 4.21. The summed E-state index contributed by atoms with van der Waals surface area (Å²) < 4.78 is 18.9. The molecule has 3 rings (SSSR count). The molecule has 0 atom stereocenters. The summed E-state index contributed by atoms with van der Waals surface area (Å²) in [4.78, 5) is 0. The molecule has 0 unspecified atom stereocenters. The van der Waals surface area contributed by atoms with Crippen LogP contribution in [0.3, 0.4) is 0 Å². The molecule has 2 aliphatic rings. The fourth-order valence-electron chi connectivity index (χ4n) is 2.63. The largest absolute Gasteiger partial charge is 0.383 e. The molecule has 1 fully saturated rings. The molecule has 18 heavy (non-hydrogen) atoms. The third kappa shape index (κ3) is 2.15. The Morgan fingerprint density at radius 3 is 2.39 bits per heavy atom. The molecule has 0 radical (unpaired) electrons. The number of anilines is 2. The minimum atomic E-state index is -0.382. The first kappa shape index (κ1) is 12.1. The van der Waals surface area contributed by atoms with Gasteiger partial charge in [-0.15, -0.1) is 0 Å². The average Bonchev–Trinajstić information content (AvgIpc) is 2.54. The van der Waals surface area contributed by atoms with E-state index in [2.05, 4.69) is 10.6 Å². The fourth-order valence-corrected chi connectivity index (χ4v) is 2.79. The van der Waals surface area contributed by atoms with Gasteiger partial charge in [0.25, 0.3) is 0 Å². The van der Waals surface area contributed by atoms with Gasteiger partial charge < -0.3 is 15.4 Å². The second kappa shape index (κ2) is 4.59. The SMILES string of the molecule is Fc1cc2c(cc1Cl)NCC1(CCOCC1)CN2. The zero-order valence-electron chi connectivity index (χ0n) is 10.1. The van der Waals surface area contributed by atoms with Crippen molar-refractivity contribution in [2.45, 2.75) is 12.8 Å². The molecular formula is C13H16ClFN2O. The van der Waals surface area contributed by atoms with Crippen molar-refractivity contribution in [3.05, 3.63) is 23.0 Å². The second-order valence-electron chi connectivity index (χ2n) is 5.13. The third-order valence-electron chi connectivity index (χ3n) is 3.92. The maximum atomic E-state index is 13.5. The van der Waals surface area contributed by atoms with Crippen LogP contribution in [0, 0.1) is 11.2 Å². The lowest BCUT2D eigenvalue weighted by atomic mass is 9.80. The number of fused-ring (bicyclic) bond motifs is 1. The van der Waals surface area contributed by atoms with E-state index in [1.807, 2.05) is 0 Å². The average molecular weight is 271 g/mol. The van der Waals surface area contributed by atoms with E-state index < -0.39 is 0 Å². The van der Waals surface area contributed by atoms with Crippen molar-refractivity contribution in [1.82, 2.24) is 0 Å². The van der Waals surface area contributed by atoms with E-state index in [0.717, 1.165) is 50.5 Å². The van der Waals surface area contributed by atoms with Gasteiger partial charge in [-0.05, 0) is 18.9 Å². The smallest absolute Gasteiger partial charge is 0.143 e. The first-order valence-corrected chi connectivity index (χ1v) is 6.61. The Hall–Kier alpha value is -1.00. The predicted octanol–water partition coefficient (Wildman–Crippen LogP) is 3.11. The van der Waals surface area contributed by atoms with Crippen LogP contribution in [0.1, 0.15) is 12.8 Å². The number of benzene rings is 1. The number of rotatable bonds is 0. The Morgan fingerprint density at radius 1 is 1.11 bits per heavy atom. The summed E-state index contributed by atoms with van der Waals surface area (Å²) in [7, 11) is 0. The second-order valence-corrected chi connectivity index (χ2v) is 5.54. The van der Waals surface area contributed by atoms with Gasteiger partial charge in [0.2, 0.25) is 0 Å². The van der Waals surface area contributed by atoms with Gasteiger partial charge in [-0.2, -0.15) is 0 Å². The molecule has 5 heteroatoms. The van der Waals surface area contributed by atoms with Gasteiger partial charge >= 0.3 is 0 Å². The van der Waals surface area contributed by atoms with Crippen LogP contribution in [0.15, 0.2) is 12.1 Å². The van der Waals surface area contributed by atoms with Crippen molar-refractivity contribution in [3.8, 4) is 0 Å². The lowest BCUT2D eigenvalue weighted by Gasteiger charge is -2.36. The quantitative estimate of drug-likeness (QED) is 0.760. The summed E-state index contributed by atoms with van der Waals surface area (Å²) in [6.45, 7) is 3.32. The van der Waals surface area contributed by atoms with Crippen molar-refractivity contribution in [3.63, 3.8) is 0 Å². The lowest BCUT2D eigenvalue weighted by Crippen LogP contribution is -2.40. The van der Waals surface area contributed by atoms with Crippen LogP contribution in [0.25, 0.3) is 0 Å². The molecule has 0 amide bonds. The molecule has 0 bridgehead atoms. The van der Waals surface area contributed by atoms with Crippen LogP contribution >= 0.6 is 11.6 Å². The summed E-state index contributed by atoms with van der Waals surface area (Å²) >= 11 is 5.81. The van der Waals surface area contributed by atoms with Gasteiger partial charge in [0.05, 0.1) is 16.4 Å². The monoisotopic (exact) mass is 270 g/mol. The van der Waals surface area contributed by atoms with Crippen LogP contribution in [0.5, 0.6) is 0 Å². The van der Waals surface area contributed by atoms with Crippen molar-refractivity contribution in [1.29, 1.82) is 0 Å². The zero-order valence-corrected chi connectivity index (χ0v) is 10.8. The Bertz CT molecular complexity index is 426. The van der Waals surface area contributed by atoms with Gasteiger partial charge in [-0.25, -0.2) is 4.39 Å². The molecule has 2 N–H and O–H groups in total. The highest BCUT2D eigenvalue weighted by molar-refractivity contribution is 6.31. The summed E-state index contributed by atoms with van der Waals surface area (Å²) in [5, 5.41) is 6.88. The molecule has 0 aliphatic carbocycles. The Morgan fingerprint density at radius 2 is 1.72 bits per heavy atom. The van der Waals surface area contributed by atoms with Crippen molar-refractivity contribution >= 4 is 23.0 Å². The Balaban J connectivity index is 1.85. The van der Waals surface area contributed by atoms with E-state index >= 15 is 0 Å². The van der Waals surface area contributed by atoms with E-state index in [-0.39, 0.29) is 16.3 Å². The van der Waals surface area contributed by atoms with E-state index in [9.17, 15) is 4.39 Å². The highest BCUT2D eigenvalue weighted by Gasteiger charge is 2.34. The molecule has 1 saturated heterocycles. The minimum Gasteiger partial charge on any atom is -0.383 e. The van der Waals surface area contributed by atoms with Crippen molar-refractivity contribution < 1.29 is 9.13 Å². The fraction of sp³-hybridized carbons (Fsp3) is 0.538. The molecule has 1 aromatic carbocycles. The van der Waals surface area contributed by atoms with Crippen LogP contribution in [0.2, 0.25) is 5.02 Å². The molecule has 2 aliphatic heterocycles. The molecule has 98 valence electrons. The van der Waals surface area contributed by atoms with Crippen LogP contribution in [-0.2, 0) is 4.74 Å². The molecule has 0 saturated carbocycles. The number of ether oxygens (including phenoxy) is 1. The van der Waals surface area contributed by atoms with E-state index in [0.29, 0.717) is 0 Å². The maximum absolute atomic E-state index is 13.5. The minimum absolute atomic E-state index is 0.158. The molecule has 1 aromatic rings. The predicted molar refractivity (Wildman–Crippen MR) is 70.9 cm³/mol.